The van der Waals surface area contributed by atoms with Gasteiger partial charge in [-0.15, -0.1) is 0 Å². The lowest BCUT2D eigenvalue weighted by Gasteiger charge is -2.08. The molecule has 0 saturated heterocycles. The van der Waals surface area contributed by atoms with E-state index < -0.39 is 0 Å². The number of benzene rings is 2. The number of ether oxygens (including phenoxy) is 1. The average Bonchev–Trinajstić information content (AvgIpc) is 2.42. The van der Waals surface area contributed by atoms with Crippen LogP contribution in [0.1, 0.15) is 16.7 Å². The molecule has 0 aliphatic carbocycles. The minimum Gasteiger partial charge on any atom is -0.508 e. The summed E-state index contributed by atoms with van der Waals surface area (Å²) < 4.78 is 5.11. The zero-order valence-electron chi connectivity index (χ0n) is 11.5. The van der Waals surface area contributed by atoms with Gasteiger partial charge in [0.2, 0.25) is 0 Å². The van der Waals surface area contributed by atoms with Crippen LogP contribution in [0.2, 0.25) is 0 Å². The summed E-state index contributed by atoms with van der Waals surface area (Å²) in [6.07, 6.45) is 0. The summed E-state index contributed by atoms with van der Waals surface area (Å²) in [5, 5.41) is 22.2. The van der Waals surface area contributed by atoms with Crippen molar-refractivity contribution in [3.63, 3.8) is 0 Å². The molecular formula is C16H19NO3. The Morgan fingerprint density at radius 2 is 1.80 bits per heavy atom. The van der Waals surface area contributed by atoms with Gasteiger partial charge in [0.05, 0.1) is 6.61 Å². The summed E-state index contributed by atoms with van der Waals surface area (Å²) in [6, 6.07) is 12.8. The molecule has 0 aromatic heterocycles. The number of aromatic hydroxyl groups is 2. The van der Waals surface area contributed by atoms with Gasteiger partial charge in [0.15, 0.2) is 0 Å². The lowest BCUT2D eigenvalue weighted by Crippen LogP contribution is -2.12. The molecular weight excluding hydrogens is 254 g/mol. The predicted molar refractivity (Wildman–Crippen MR) is 77.5 cm³/mol. The van der Waals surface area contributed by atoms with E-state index >= 15 is 0 Å². The number of rotatable bonds is 6. The molecule has 3 N–H and O–H groups in total. The van der Waals surface area contributed by atoms with Crippen LogP contribution in [0, 0.1) is 0 Å². The second-order valence-corrected chi connectivity index (χ2v) is 4.67. The molecule has 106 valence electrons. The van der Waals surface area contributed by atoms with Crippen molar-refractivity contribution in [3.05, 3.63) is 59.2 Å². The first-order valence-electron chi connectivity index (χ1n) is 6.47. The van der Waals surface area contributed by atoms with E-state index in [1.165, 1.54) is 6.07 Å². The third-order valence-corrected chi connectivity index (χ3v) is 3.02. The zero-order valence-corrected chi connectivity index (χ0v) is 11.5. The zero-order chi connectivity index (χ0) is 14.4. The van der Waals surface area contributed by atoms with Crippen molar-refractivity contribution >= 4 is 0 Å². The Labute approximate surface area is 118 Å². The largest absolute Gasteiger partial charge is 0.508 e. The molecule has 4 heteroatoms. The van der Waals surface area contributed by atoms with Crippen LogP contribution in [0.15, 0.2) is 42.5 Å². The molecule has 0 radical (unpaired) electrons. The van der Waals surface area contributed by atoms with Crippen molar-refractivity contribution in [2.24, 2.45) is 0 Å². The van der Waals surface area contributed by atoms with Crippen LogP contribution in [0.3, 0.4) is 0 Å². The maximum absolute atomic E-state index is 9.69. The van der Waals surface area contributed by atoms with Gasteiger partial charge >= 0.3 is 0 Å². The molecule has 0 amide bonds. The number of hydrogen-bond donors (Lipinski definition) is 3. The van der Waals surface area contributed by atoms with E-state index in [-0.39, 0.29) is 11.5 Å². The molecule has 4 nitrogen and oxygen atoms in total. The molecule has 2 aromatic rings. The first kappa shape index (κ1) is 14.4. The summed E-state index contributed by atoms with van der Waals surface area (Å²) >= 11 is 0. The van der Waals surface area contributed by atoms with Gasteiger partial charge in [-0.2, -0.15) is 0 Å². The van der Waals surface area contributed by atoms with Gasteiger partial charge in [0.1, 0.15) is 11.5 Å². The number of nitrogens with one attached hydrogen (secondary N) is 1. The molecule has 0 saturated carbocycles. The highest BCUT2D eigenvalue weighted by atomic mass is 16.5. The highest BCUT2D eigenvalue weighted by Gasteiger charge is 2.02. The van der Waals surface area contributed by atoms with Gasteiger partial charge in [-0.25, -0.2) is 0 Å². The van der Waals surface area contributed by atoms with Crippen molar-refractivity contribution in [3.8, 4) is 11.5 Å². The molecule has 0 spiro atoms. The third-order valence-electron chi connectivity index (χ3n) is 3.02. The Hall–Kier alpha value is -2.04. The van der Waals surface area contributed by atoms with Crippen LogP contribution in [0.5, 0.6) is 11.5 Å². The first-order chi connectivity index (χ1) is 9.69. The summed E-state index contributed by atoms with van der Waals surface area (Å²) in [7, 11) is 1.68. The third kappa shape index (κ3) is 3.98. The van der Waals surface area contributed by atoms with E-state index in [0.29, 0.717) is 19.7 Å². The molecule has 2 aromatic carbocycles. The van der Waals surface area contributed by atoms with Gasteiger partial charge in [-0.3, -0.25) is 0 Å². The van der Waals surface area contributed by atoms with Crippen molar-refractivity contribution in [1.29, 1.82) is 0 Å². The van der Waals surface area contributed by atoms with E-state index in [4.69, 9.17) is 4.74 Å². The smallest absolute Gasteiger partial charge is 0.123 e. The van der Waals surface area contributed by atoms with E-state index in [1.54, 1.807) is 19.2 Å². The molecule has 0 bridgehead atoms. The average molecular weight is 273 g/mol. The first-order valence-corrected chi connectivity index (χ1v) is 6.47. The molecule has 0 aliphatic rings. The molecule has 0 unspecified atom stereocenters. The van der Waals surface area contributed by atoms with Gasteiger partial charge in [-0.1, -0.05) is 30.3 Å². The monoisotopic (exact) mass is 273 g/mol. The minimum absolute atomic E-state index is 0.0681. The summed E-state index contributed by atoms with van der Waals surface area (Å²) in [5.41, 5.74) is 3.06. The molecule has 0 heterocycles. The summed E-state index contributed by atoms with van der Waals surface area (Å²) in [6.45, 7) is 1.85. The maximum Gasteiger partial charge on any atom is 0.123 e. The van der Waals surface area contributed by atoms with Crippen LogP contribution >= 0.6 is 0 Å². The summed E-state index contributed by atoms with van der Waals surface area (Å²) in [5.74, 6) is 0.171. The SMILES string of the molecule is COCc1cccc(CNCc2ccc(O)cc2O)c1. The van der Waals surface area contributed by atoms with Crippen LogP contribution in [-0.2, 0) is 24.4 Å². The number of phenols is 2. The minimum atomic E-state index is 0.0681. The highest BCUT2D eigenvalue weighted by molar-refractivity contribution is 5.38. The number of hydrogen-bond acceptors (Lipinski definition) is 4. The van der Waals surface area contributed by atoms with Gasteiger partial charge in [0, 0.05) is 31.8 Å². The Balaban J connectivity index is 1.90. The van der Waals surface area contributed by atoms with Crippen LogP contribution in [0.4, 0.5) is 0 Å². The Bertz CT molecular complexity index is 569. The van der Waals surface area contributed by atoms with Gasteiger partial charge in [0.25, 0.3) is 0 Å². The molecule has 0 fully saturated rings. The van der Waals surface area contributed by atoms with Crippen molar-refractivity contribution in [2.45, 2.75) is 19.7 Å². The predicted octanol–water partition coefficient (Wildman–Crippen LogP) is 2.53. The van der Waals surface area contributed by atoms with Crippen LogP contribution in [0.25, 0.3) is 0 Å². The Morgan fingerprint density at radius 1 is 1.00 bits per heavy atom. The van der Waals surface area contributed by atoms with Gasteiger partial charge < -0.3 is 20.3 Å². The lowest BCUT2D eigenvalue weighted by atomic mass is 10.1. The van der Waals surface area contributed by atoms with Crippen molar-refractivity contribution in [2.75, 3.05) is 7.11 Å². The second kappa shape index (κ2) is 6.93. The van der Waals surface area contributed by atoms with Crippen molar-refractivity contribution in [1.82, 2.24) is 5.32 Å². The standard InChI is InChI=1S/C16H19NO3/c1-20-11-13-4-2-3-12(7-13)9-17-10-14-5-6-15(18)8-16(14)19/h2-8,17-19H,9-11H2,1H3. The highest BCUT2D eigenvalue weighted by Crippen LogP contribution is 2.22. The fraction of sp³-hybridized carbons (Fsp3) is 0.250. The van der Waals surface area contributed by atoms with E-state index in [9.17, 15) is 10.2 Å². The van der Waals surface area contributed by atoms with Gasteiger partial charge in [-0.05, 0) is 17.2 Å². The molecule has 0 aliphatic heterocycles. The quantitative estimate of drug-likeness (QED) is 0.757. The second-order valence-electron chi connectivity index (χ2n) is 4.67. The fourth-order valence-electron chi connectivity index (χ4n) is 2.04. The topological polar surface area (TPSA) is 61.7 Å². The number of methoxy groups -OCH3 is 1. The fourth-order valence-corrected chi connectivity index (χ4v) is 2.04. The Morgan fingerprint density at radius 3 is 2.55 bits per heavy atom. The van der Waals surface area contributed by atoms with Crippen LogP contribution < -0.4 is 5.32 Å². The lowest BCUT2D eigenvalue weighted by molar-refractivity contribution is 0.185. The number of phenolic OH excluding ortho intramolecular Hbond substituents is 2. The van der Waals surface area contributed by atoms with E-state index in [2.05, 4.69) is 11.4 Å². The molecule has 20 heavy (non-hydrogen) atoms. The molecule has 0 atom stereocenters. The Kier molecular flexibility index (Phi) is 4.98. The molecule has 2 rings (SSSR count). The van der Waals surface area contributed by atoms with E-state index in [0.717, 1.165) is 16.7 Å². The summed E-state index contributed by atoms with van der Waals surface area (Å²) in [4.78, 5) is 0. The van der Waals surface area contributed by atoms with Crippen LogP contribution in [-0.4, -0.2) is 17.3 Å². The maximum atomic E-state index is 9.69. The normalized spacial score (nSPS) is 10.7. The van der Waals surface area contributed by atoms with E-state index in [1.807, 2.05) is 18.2 Å². The van der Waals surface area contributed by atoms with Crippen molar-refractivity contribution < 1.29 is 14.9 Å².